The summed E-state index contributed by atoms with van der Waals surface area (Å²) in [5.41, 5.74) is 0.736. The molecule has 2 saturated carbocycles. The molecule has 2 atom stereocenters. The van der Waals surface area contributed by atoms with Crippen molar-refractivity contribution in [3.63, 3.8) is 0 Å². The maximum Gasteiger partial charge on any atom is 0.227 e. The number of carbonyl (C=O) groups excluding carboxylic acids is 1. The van der Waals surface area contributed by atoms with Gasteiger partial charge in [-0.3, -0.25) is 4.79 Å². The van der Waals surface area contributed by atoms with Crippen LogP contribution in [0.5, 0.6) is 0 Å². The fourth-order valence-corrected chi connectivity index (χ4v) is 3.10. The van der Waals surface area contributed by atoms with Crippen LogP contribution in [0.4, 0.5) is 5.69 Å². The van der Waals surface area contributed by atoms with E-state index in [0.717, 1.165) is 30.4 Å². The van der Waals surface area contributed by atoms with Gasteiger partial charge in [-0.2, -0.15) is 5.10 Å². The van der Waals surface area contributed by atoms with Crippen molar-refractivity contribution in [2.24, 2.45) is 17.8 Å². The molecule has 2 fully saturated rings. The zero-order valence-corrected chi connectivity index (χ0v) is 10.9. The molecule has 2 heterocycles. The average Bonchev–Trinajstić information content (AvgIpc) is 2.92. The van der Waals surface area contributed by atoms with Crippen LogP contribution >= 0.6 is 0 Å². The monoisotopic (exact) mass is 269 g/mol. The van der Waals surface area contributed by atoms with Crippen LogP contribution in [-0.2, 0) is 4.79 Å². The lowest BCUT2D eigenvalue weighted by Gasteiger charge is -2.12. The Morgan fingerprint density at radius 2 is 2.10 bits per heavy atom. The van der Waals surface area contributed by atoms with E-state index in [9.17, 15) is 4.79 Å². The molecule has 1 amide bonds. The van der Waals surface area contributed by atoms with Gasteiger partial charge in [0.1, 0.15) is 12.7 Å². The lowest BCUT2D eigenvalue weighted by atomic mass is 10.0. The Kier molecular flexibility index (Phi) is 2.55. The minimum Gasteiger partial charge on any atom is -0.324 e. The molecule has 2 aliphatic rings. The van der Waals surface area contributed by atoms with E-state index in [2.05, 4.69) is 20.4 Å². The first-order valence-electron chi connectivity index (χ1n) is 6.91. The Hall–Kier alpha value is -2.24. The molecule has 6 nitrogen and oxygen atoms in total. The highest BCUT2D eigenvalue weighted by molar-refractivity contribution is 5.92. The van der Waals surface area contributed by atoms with Crippen molar-refractivity contribution in [3.8, 4) is 5.82 Å². The topological polar surface area (TPSA) is 72.7 Å². The number of anilines is 1. The number of hydrogen-bond acceptors (Lipinski definition) is 4. The van der Waals surface area contributed by atoms with E-state index in [0.29, 0.717) is 5.82 Å². The van der Waals surface area contributed by atoms with Gasteiger partial charge in [0, 0.05) is 5.92 Å². The number of hydrogen-bond donors (Lipinski definition) is 1. The summed E-state index contributed by atoms with van der Waals surface area (Å²) >= 11 is 0. The molecule has 4 rings (SSSR count). The number of aromatic nitrogens is 4. The van der Waals surface area contributed by atoms with Crippen molar-refractivity contribution < 1.29 is 4.79 Å². The summed E-state index contributed by atoms with van der Waals surface area (Å²) in [6, 6.07) is 3.66. The van der Waals surface area contributed by atoms with Crippen LogP contribution in [0.25, 0.3) is 5.82 Å². The van der Waals surface area contributed by atoms with Gasteiger partial charge in [0.2, 0.25) is 5.91 Å². The van der Waals surface area contributed by atoms with Gasteiger partial charge in [0.25, 0.3) is 0 Å². The molecule has 2 aromatic rings. The van der Waals surface area contributed by atoms with Gasteiger partial charge in [0.05, 0.1) is 11.9 Å². The lowest BCUT2D eigenvalue weighted by Crippen LogP contribution is -2.21. The molecule has 0 aliphatic heterocycles. The predicted octanol–water partition coefficient (Wildman–Crippen LogP) is 1.65. The molecule has 0 bridgehead atoms. The van der Waals surface area contributed by atoms with E-state index in [-0.39, 0.29) is 11.8 Å². The smallest absolute Gasteiger partial charge is 0.227 e. The molecular weight excluding hydrogens is 254 g/mol. The number of amides is 1. The van der Waals surface area contributed by atoms with E-state index in [1.807, 2.05) is 12.1 Å². The van der Waals surface area contributed by atoms with E-state index in [4.69, 9.17) is 0 Å². The second-order valence-corrected chi connectivity index (χ2v) is 5.66. The second kappa shape index (κ2) is 4.40. The Balaban J connectivity index is 1.42. The van der Waals surface area contributed by atoms with Crippen LogP contribution in [-0.4, -0.2) is 25.7 Å². The van der Waals surface area contributed by atoms with Gasteiger partial charge in [-0.15, -0.1) is 0 Å². The molecule has 0 aromatic carbocycles. The van der Waals surface area contributed by atoms with Crippen LogP contribution in [0.3, 0.4) is 0 Å². The highest BCUT2D eigenvalue weighted by atomic mass is 16.1. The molecule has 2 unspecified atom stereocenters. The van der Waals surface area contributed by atoms with E-state index in [1.54, 1.807) is 17.2 Å². The third kappa shape index (κ3) is 2.07. The minimum absolute atomic E-state index is 0.132. The molecule has 1 N–H and O–H groups in total. The van der Waals surface area contributed by atoms with Crippen molar-refractivity contribution in [1.82, 2.24) is 19.7 Å². The first kappa shape index (κ1) is 11.6. The molecule has 0 spiro atoms. The first-order chi connectivity index (χ1) is 9.79. The molecule has 2 aliphatic carbocycles. The quantitative estimate of drug-likeness (QED) is 0.919. The van der Waals surface area contributed by atoms with Crippen molar-refractivity contribution in [3.05, 3.63) is 31.0 Å². The highest BCUT2D eigenvalue weighted by Gasteiger charge is 2.47. The number of nitrogens with zero attached hydrogens (tertiary/aromatic N) is 4. The summed E-state index contributed by atoms with van der Waals surface area (Å²) in [4.78, 5) is 20.3. The Morgan fingerprint density at radius 3 is 2.75 bits per heavy atom. The number of nitrogens with one attached hydrogen (secondary N) is 1. The van der Waals surface area contributed by atoms with Gasteiger partial charge < -0.3 is 5.32 Å². The fraction of sp³-hybridized carbons (Fsp3) is 0.429. The van der Waals surface area contributed by atoms with E-state index in [1.165, 1.54) is 12.7 Å². The number of fused-ring (bicyclic) bond motifs is 1. The second-order valence-electron chi connectivity index (χ2n) is 5.66. The third-order valence-electron chi connectivity index (χ3n) is 4.28. The Morgan fingerprint density at radius 1 is 1.25 bits per heavy atom. The fourth-order valence-electron chi connectivity index (χ4n) is 3.10. The van der Waals surface area contributed by atoms with Crippen molar-refractivity contribution in [2.45, 2.75) is 19.3 Å². The van der Waals surface area contributed by atoms with Crippen LogP contribution < -0.4 is 5.32 Å². The van der Waals surface area contributed by atoms with E-state index < -0.39 is 0 Å². The number of pyridine rings is 1. The standard InChI is InChI=1S/C14H15N5O/c20-14(11-4-9-3-10(9)5-11)18-12-1-2-13(16-6-12)19-8-15-7-17-19/h1-2,6-11H,3-5H2,(H,18,20). The highest BCUT2D eigenvalue weighted by Crippen LogP contribution is 2.54. The summed E-state index contributed by atoms with van der Waals surface area (Å²) in [5, 5.41) is 6.96. The molecule has 102 valence electrons. The van der Waals surface area contributed by atoms with Crippen LogP contribution in [0.2, 0.25) is 0 Å². The summed E-state index contributed by atoms with van der Waals surface area (Å²) in [6.07, 6.45) is 8.15. The zero-order chi connectivity index (χ0) is 13.5. The number of rotatable bonds is 3. The van der Waals surface area contributed by atoms with Crippen LogP contribution in [0.1, 0.15) is 19.3 Å². The largest absolute Gasteiger partial charge is 0.324 e. The first-order valence-corrected chi connectivity index (χ1v) is 6.91. The molecule has 6 heteroatoms. The van der Waals surface area contributed by atoms with Gasteiger partial charge in [-0.05, 0) is 43.2 Å². The lowest BCUT2D eigenvalue weighted by molar-refractivity contribution is -0.120. The summed E-state index contributed by atoms with van der Waals surface area (Å²) in [6.45, 7) is 0. The minimum atomic E-state index is 0.132. The van der Waals surface area contributed by atoms with Gasteiger partial charge >= 0.3 is 0 Å². The zero-order valence-electron chi connectivity index (χ0n) is 10.9. The molecule has 0 saturated heterocycles. The van der Waals surface area contributed by atoms with Gasteiger partial charge in [-0.25, -0.2) is 14.6 Å². The van der Waals surface area contributed by atoms with Crippen LogP contribution in [0, 0.1) is 17.8 Å². The SMILES string of the molecule is O=C(Nc1ccc(-n2cncn2)nc1)C1CC2CC2C1. The van der Waals surface area contributed by atoms with Crippen molar-refractivity contribution in [1.29, 1.82) is 0 Å². The Labute approximate surface area is 116 Å². The third-order valence-corrected chi connectivity index (χ3v) is 4.28. The maximum absolute atomic E-state index is 12.1. The van der Waals surface area contributed by atoms with Gasteiger partial charge in [-0.1, -0.05) is 0 Å². The molecular formula is C14H15N5O. The van der Waals surface area contributed by atoms with Crippen LogP contribution in [0.15, 0.2) is 31.0 Å². The normalized spacial score (nSPS) is 27.1. The summed E-state index contributed by atoms with van der Waals surface area (Å²) < 4.78 is 1.58. The van der Waals surface area contributed by atoms with Crippen molar-refractivity contribution >= 4 is 11.6 Å². The Bertz CT molecular complexity index is 612. The number of carbonyl (C=O) groups is 1. The molecule has 20 heavy (non-hydrogen) atoms. The molecule has 0 radical (unpaired) electrons. The van der Waals surface area contributed by atoms with Gasteiger partial charge in [0.15, 0.2) is 5.82 Å². The van der Waals surface area contributed by atoms with Crippen molar-refractivity contribution in [2.75, 3.05) is 5.32 Å². The molecule has 2 aromatic heterocycles. The summed E-state index contributed by atoms with van der Waals surface area (Å²) in [7, 11) is 0. The summed E-state index contributed by atoms with van der Waals surface area (Å²) in [5.74, 6) is 2.64. The maximum atomic E-state index is 12.1. The average molecular weight is 269 g/mol. The predicted molar refractivity (Wildman–Crippen MR) is 72.1 cm³/mol. The van der Waals surface area contributed by atoms with E-state index >= 15 is 0 Å².